The normalized spacial score (nSPS) is 11.8. The Kier molecular flexibility index (Phi) is 4.29. The molecule has 0 bridgehead atoms. The molecule has 6 nitrogen and oxygen atoms in total. The Morgan fingerprint density at radius 2 is 1.96 bits per heavy atom. The Labute approximate surface area is 146 Å². The van der Waals surface area contributed by atoms with E-state index in [2.05, 4.69) is 15.3 Å². The van der Waals surface area contributed by atoms with Crippen molar-refractivity contribution in [3.05, 3.63) is 34.0 Å². The van der Waals surface area contributed by atoms with Gasteiger partial charge in [0.1, 0.15) is 11.6 Å². The lowest BCUT2D eigenvalue weighted by Crippen LogP contribution is -2.03. The van der Waals surface area contributed by atoms with E-state index >= 15 is 0 Å². The Balaban J connectivity index is 1.97. The van der Waals surface area contributed by atoms with E-state index < -0.39 is 22.2 Å². The summed E-state index contributed by atoms with van der Waals surface area (Å²) in [5.41, 5.74) is 0.0307. The average Bonchev–Trinajstić information content (AvgIpc) is 3.09. The first-order valence-electron chi connectivity index (χ1n) is 6.46. The molecule has 0 aliphatic heterocycles. The van der Waals surface area contributed by atoms with Gasteiger partial charge in [0.15, 0.2) is 0 Å². The highest BCUT2D eigenvalue weighted by atomic mass is 35.5. The van der Waals surface area contributed by atoms with Crippen LogP contribution in [0.5, 0.6) is 16.8 Å². The molecule has 12 heteroatoms. The number of hydrogen-bond donors (Lipinski definition) is 1. The second-order valence-electron chi connectivity index (χ2n) is 4.75. The average molecular weight is 395 g/mol. The van der Waals surface area contributed by atoms with Crippen LogP contribution in [0.2, 0.25) is 5.02 Å². The summed E-state index contributed by atoms with van der Waals surface area (Å²) in [6, 6.07) is 3.28. The number of benzene rings is 1. The van der Waals surface area contributed by atoms with Gasteiger partial charge in [-0.2, -0.15) is 18.3 Å². The summed E-state index contributed by atoms with van der Waals surface area (Å²) in [6.45, 7) is 0. The van der Waals surface area contributed by atoms with Crippen LogP contribution in [0, 0.1) is 5.82 Å². The summed E-state index contributed by atoms with van der Waals surface area (Å²) in [5.74, 6) is -1.08. The molecule has 2 aromatic heterocycles. The number of rotatable bonds is 3. The molecular weight excluding hydrogens is 388 g/mol. The van der Waals surface area contributed by atoms with Crippen molar-refractivity contribution in [3.8, 4) is 28.1 Å². The first kappa shape index (κ1) is 17.4. The molecule has 1 aromatic carbocycles. The molecule has 0 fully saturated rings. The summed E-state index contributed by atoms with van der Waals surface area (Å²) in [4.78, 5) is 0. The molecule has 3 rings (SSSR count). The fourth-order valence-corrected chi connectivity index (χ4v) is 2.62. The smallest absolute Gasteiger partial charge is 0.445 e. The predicted molar refractivity (Wildman–Crippen MR) is 80.3 cm³/mol. The van der Waals surface area contributed by atoms with Gasteiger partial charge in [-0.25, -0.2) is 9.07 Å². The molecule has 0 unspecified atom stereocenters. The SMILES string of the molecule is Cn1nc(-c2cc(Oc3nnc(C(F)(F)F)s3)c(Cl)cc2F)cc1O. The summed E-state index contributed by atoms with van der Waals surface area (Å²) in [7, 11) is 1.45. The standard InChI is InChI=1S/C13H7ClF4N4O2S/c1-22-10(23)4-8(21-22)5-2-9(6(14)3-7(5)15)24-12-20-19-11(25-12)13(16,17)18/h2-4,23H,1H3. The molecule has 0 saturated carbocycles. The van der Waals surface area contributed by atoms with E-state index in [1.165, 1.54) is 13.1 Å². The molecule has 0 radical (unpaired) electrons. The van der Waals surface area contributed by atoms with Crippen molar-refractivity contribution in [2.45, 2.75) is 6.18 Å². The molecule has 0 atom stereocenters. The van der Waals surface area contributed by atoms with Crippen molar-refractivity contribution in [1.29, 1.82) is 0 Å². The van der Waals surface area contributed by atoms with Crippen LogP contribution >= 0.6 is 22.9 Å². The third-order valence-corrected chi connectivity index (χ3v) is 4.14. The summed E-state index contributed by atoms with van der Waals surface area (Å²) >= 11 is 6.04. The van der Waals surface area contributed by atoms with Gasteiger partial charge in [0.2, 0.25) is 10.9 Å². The Morgan fingerprint density at radius 1 is 1.24 bits per heavy atom. The van der Waals surface area contributed by atoms with E-state index in [1.54, 1.807) is 0 Å². The number of aryl methyl sites for hydroxylation is 1. The van der Waals surface area contributed by atoms with Crippen LogP contribution in [0.4, 0.5) is 17.6 Å². The van der Waals surface area contributed by atoms with Gasteiger partial charge >= 0.3 is 6.18 Å². The van der Waals surface area contributed by atoms with Gasteiger partial charge < -0.3 is 9.84 Å². The first-order chi connectivity index (χ1) is 11.6. The first-order valence-corrected chi connectivity index (χ1v) is 7.65. The second kappa shape index (κ2) is 6.15. The van der Waals surface area contributed by atoms with Gasteiger partial charge in [-0.3, -0.25) is 0 Å². The molecule has 2 heterocycles. The van der Waals surface area contributed by atoms with E-state index in [1.807, 2.05) is 0 Å². The van der Waals surface area contributed by atoms with Crippen LogP contribution in [0.3, 0.4) is 0 Å². The third-order valence-electron chi connectivity index (χ3n) is 3.00. The molecular formula is C13H7ClF4N4O2S. The predicted octanol–water partition coefficient (Wildman–Crippen LogP) is 4.25. The minimum atomic E-state index is -4.65. The zero-order valence-corrected chi connectivity index (χ0v) is 13.7. The van der Waals surface area contributed by atoms with Gasteiger partial charge in [0, 0.05) is 18.7 Å². The topological polar surface area (TPSA) is 73.1 Å². The maximum absolute atomic E-state index is 14.1. The van der Waals surface area contributed by atoms with Crippen molar-refractivity contribution >= 4 is 22.9 Å². The number of alkyl halides is 3. The number of halogens is 5. The van der Waals surface area contributed by atoms with Crippen LogP contribution in [-0.4, -0.2) is 25.1 Å². The van der Waals surface area contributed by atoms with E-state index in [9.17, 15) is 22.7 Å². The van der Waals surface area contributed by atoms with Crippen molar-refractivity contribution in [2.75, 3.05) is 0 Å². The highest BCUT2D eigenvalue weighted by Crippen LogP contribution is 2.39. The van der Waals surface area contributed by atoms with E-state index in [0.29, 0.717) is 0 Å². The molecule has 0 aliphatic rings. The molecule has 3 aromatic rings. The van der Waals surface area contributed by atoms with E-state index in [-0.39, 0.29) is 39.2 Å². The lowest BCUT2D eigenvalue weighted by atomic mass is 10.1. The van der Waals surface area contributed by atoms with Crippen molar-refractivity contribution < 1.29 is 27.4 Å². The number of hydrogen-bond acceptors (Lipinski definition) is 6. The maximum atomic E-state index is 14.1. The number of ether oxygens (including phenoxy) is 1. The van der Waals surface area contributed by atoms with Crippen LogP contribution in [-0.2, 0) is 13.2 Å². The Hall–Kier alpha value is -2.40. The Bertz CT molecular complexity index is 921. The fourth-order valence-electron chi connectivity index (χ4n) is 1.85. The van der Waals surface area contributed by atoms with Crippen LogP contribution < -0.4 is 4.74 Å². The van der Waals surface area contributed by atoms with Gasteiger partial charge in [-0.05, 0) is 12.1 Å². The molecule has 1 N–H and O–H groups in total. The lowest BCUT2D eigenvalue weighted by Gasteiger charge is -2.07. The quantitative estimate of drug-likeness (QED) is 0.672. The molecule has 0 spiro atoms. The van der Waals surface area contributed by atoms with Crippen LogP contribution in [0.15, 0.2) is 18.2 Å². The van der Waals surface area contributed by atoms with Crippen molar-refractivity contribution in [1.82, 2.24) is 20.0 Å². The van der Waals surface area contributed by atoms with Gasteiger partial charge in [0.25, 0.3) is 5.19 Å². The third kappa shape index (κ3) is 3.51. The largest absolute Gasteiger partial charge is 0.493 e. The highest BCUT2D eigenvalue weighted by molar-refractivity contribution is 7.13. The van der Waals surface area contributed by atoms with E-state index in [4.69, 9.17) is 16.3 Å². The second-order valence-corrected chi connectivity index (χ2v) is 6.09. The highest BCUT2D eigenvalue weighted by Gasteiger charge is 2.36. The number of aromatic nitrogens is 4. The van der Waals surface area contributed by atoms with Crippen molar-refractivity contribution in [3.63, 3.8) is 0 Å². The molecule has 132 valence electrons. The maximum Gasteiger partial charge on any atom is 0.445 e. The molecule has 0 aliphatic carbocycles. The summed E-state index contributed by atoms with van der Waals surface area (Å²) in [5, 5.41) is 17.9. The van der Waals surface area contributed by atoms with E-state index in [0.717, 1.165) is 16.8 Å². The number of aromatic hydroxyl groups is 1. The van der Waals surface area contributed by atoms with Gasteiger partial charge in [-0.15, -0.1) is 5.10 Å². The minimum Gasteiger partial charge on any atom is -0.493 e. The lowest BCUT2D eigenvalue weighted by molar-refractivity contribution is -0.138. The van der Waals surface area contributed by atoms with Gasteiger partial charge in [0.05, 0.1) is 10.7 Å². The monoisotopic (exact) mass is 394 g/mol. The summed E-state index contributed by atoms with van der Waals surface area (Å²) < 4.78 is 58.0. The van der Waals surface area contributed by atoms with Crippen molar-refractivity contribution in [2.24, 2.45) is 7.05 Å². The number of nitrogens with zero attached hydrogens (tertiary/aromatic N) is 4. The van der Waals surface area contributed by atoms with Crippen LogP contribution in [0.25, 0.3) is 11.3 Å². The molecule has 0 amide bonds. The fraction of sp³-hybridized carbons (Fsp3) is 0.154. The minimum absolute atomic E-state index is 0.0594. The Morgan fingerprint density at radius 3 is 2.52 bits per heavy atom. The van der Waals surface area contributed by atoms with Crippen LogP contribution in [0.1, 0.15) is 5.01 Å². The zero-order chi connectivity index (χ0) is 18.4. The zero-order valence-electron chi connectivity index (χ0n) is 12.2. The van der Waals surface area contributed by atoms with Gasteiger partial charge in [-0.1, -0.05) is 28.0 Å². The summed E-state index contributed by atoms with van der Waals surface area (Å²) in [6.07, 6.45) is -4.65. The molecule has 25 heavy (non-hydrogen) atoms. The molecule has 0 saturated heterocycles.